The summed E-state index contributed by atoms with van der Waals surface area (Å²) < 4.78 is 0. The predicted octanol–water partition coefficient (Wildman–Crippen LogP) is 3.27. The van der Waals surface area contributed by atoms with Crippen LogP contribution in [0.15, 0.2) is 18.2 Å². The molecule has 0 radical (unpaired) electrons. The van der Waals surface area contributed by atoms with Crippen LogP contribution in [0.5, 0.6) is 0 Å². The van der Waals surface area contributed by atoms with Crippen LogP contribution < -0.4 is 5.73 Å². The van der Waals surface area contributed by atoms with Gasteiger partial charge in [0.25, 0.3) is 0 Å². The molecular weight excluding hydrogens is 217 g/mol. The van der Waals surface area contributed by atoms with Crippen LogP contribution in [0.2, 0.25) is 10.0 Å². The summed E-state index contributed by atoms with van der Waals surface area (Å²) in [6.45, 7) is 0. The molecule has 0 saturated heterocycles. The lowest BCUT2D eigenvalue weighted by molar-refractivity contribution is 0.592. The van der Waals surface area contributed by atoms with E-state index in [0.29, 0.717) is 5.92 Å². The van der Waals surface area contributed by atoms with Crippen molar-refractivity contribution in [3.05, 3.63) is 33.8 Å². The lowest BCUT2D eigenvalue weighted by Gasteiger charge is -2.12. The summed E-state index contributed by atoms with van der Waals surface area (Å²) >= 11 is 12.1. The summed E-state index contributed by atoms with van der Waals surface area (Å²) in [6.07, 6.45) is 3.30. The molecule has 1 aliphatic carbocycles. The largest absolute Gasteiger partial charge is 0.327 e. The Morgan fingerprint density at radius 1 is 1.29 bits per heavy atom. The van der Waals surface area contributed by atoms with Gasteiger partial charge in [-0.25, -0.2) is 0 Å². The van der Waals surface area contributed by atoms with Crippen molar-refractivity contribution >= 4 is 23.2 Å². The zero-order valence-electron chi connectivity index (χ0n) is 7.84. The van der Waals surface area contributed by atoms with Gasteiger partial charge in [-0.1, -0.05) is 29.3 Å². The molecule has 1 aromatic rings. The molecule has 3 heteroatoms. The Kier molecular flexibility index (Phi) is 3.01. The lowest BCUT2D eigenvalue weighted by Crippen LogP contribution is -2.25. The molecule has 2 N–H and O–H groups in total. The van der Waals surface area contributed by atoms with Gasteiger partial charge in [0.2, 0.25) is 0 Å². The van der Waals surface area contributed by atoms with Crippen LogP contribution in [-0.4, -0.2) is 6.04 Å². The highest BCUT2D eigenvalue weighted by molar-refractivity contribution is 6.35. The number of benzene rings is 1. The first kappa shape index (κ1) is 10.3. The third kappa shape index (κ3) is 2.22. The monoisotopic (exact) mass is 229 g/mol. The fourth-order valence-electron chi connectivity index (χ4n) is 1.65. The Hall–Kier alpha value is -0.240. The minimum absolute atomic E-state index is 0.215. The van der Waals surface area contributed by atoms with E-state index in [1.807, 2.05) is 18.2 Å². The summed E-state index contributed by atoms with van der Waals surface area (Å²) in [4.78, 5) is 0. The van der Waals surface area contributed by atoms with Gasteiger partial charge in [-0.2, -0.15) is 0 Å². The zero-order valence-corrected chi connectivity index (χ0v) is 9.35. The average Bonchev–Trinajstić information content (AvgIpc) is 2.94. The third-order valence-corrected chi connectivity index (χ3v) is 3.44. The Morgan fingerprint density at radius 3 is 2.36 bits per heavy atom. The second kappa shape index (κ2) is 4.09. The van der Waals surface area contributed by atoms with Gasteiger partial charge in [0, 0.05) is 16.1 Å². The van der Waals surface area contributed by atoms with Crippen molar-refractivity contribution in [3.63, 3.8) is 0 Å². The van der Waals surface area contributed by atoms with Crippen LogP contribution in [-0.2, 0) is 6.42 Å². The maximum atomic E-state index is 6.06. The summed E-state index contributed by atoms with van der Waals surface area (Å²) in [5.41, 5.74) is 7.03. The Balaban J connectivity index is 2.14. The molecule has 1 unspecified atom stereocenters. The van der Waals surface area contributed by atoms with E-state index in [2.05, 4.69) is 0 Å². The van der Waals surface area contributed by atoms with E-state index >= 15 is 0 Å². The zero-order chi connectivity index (χ0) is 10.1. The van der Waals surface area contributed by atoms with Crippen molar-refractivity contribution in [1.82, 2.24) is 0 Å². The molecule has 0 aromatic heterocycles. The van der Waals surface area contributed by atoms with Crippen LogP contribution in [0, 0.1) is 5.92 Å². The molecule has 0 amide bonds. The van der Waals surface area contributed by atoms with Crippen LogP contribution in [0.1, 0.15) is 18.4 Å². The number of nitrogens with two attached hydrogens (primary N) is 1. The fraction of sp³-hybridized carbons (Fsp3) is 0.455. The van der Waals surface area contributed by atoms with Crippen LogP contribution in [0.3, 0.4) is 0 Å². The molecule has 76 valence electrons. The Bertz CT molecular complexity index is 314. The summed E-state index contributed by atoms with van der Waals surface area (Å²) in [5.74, 6) is 0.683. The lowest BCUT2D eigenvalue weighted by atomic mass is 10.0. The van der Waals surface area contributed by atoms with E-state index < -0.39 is 0 Å². The molecule has 0 aliphatic heterocycles. The first-order valence-corrected chi connectivity index (χ1v) is 5.62. The fourth-order valence-corrected chi connectivity index (χ4v) is 2.21. The molecule has 0 heterocycles. The highest BCUT2D eigenvalue weighted by Crippen LogP contribution is 2.35. The van der Waals surface area contributed by atoms with Crippen LogP contribution in [0.25, 0.3) is 0 Å². The topological polar surface area (TPSA) is 26.0 Å². The molecule has 1 saturated carbocycles. The van der Waals surface area contributed by atoms with Crippen molar-refractivity contribution in [2.75, 3.05) is 0 Å². The molecule has 14 heavy (non-hydrogen) atoms. The van der Waals surface area contributed by atoms with E-state index in [0.717, 1.165) is 22.0 Å². The number of rotatable bonds is 3. The average molecular weight is 230 g/mol. The molecular formula is C11H13Cl2N. The van der Waals surface area contributed by atoms with Gasteiger partial charge in [-0.05, 0) is 42.9 Å². The third-order valence-electron chi connectivity index (χ3n) is 2.73. The van der Waals surface area contributed by atoms with Gasteiger partial charge in [-0.3, -0.25) is 0 Å². The molecule has 1 aromatic carbocycles. The molecule has 1 nitrogen and oxygen atoms in total. The molecule has 2 rings (SSSR count). The molecule has 0 bridgehead atoms. The summed E-state index contributed by atoms with van der Waals surface area (Å²) in [7, 11) is 0. The first-order chi connectivity index (χ1) is 6.68. The van der Waals surface area contributed by atoms with Crippen molar-refractivity contribution in [3.8, 4) is 0 Å². The van der Waals surface area contributed by atoms with Crippen molar-refractivity contribution < 1.29 is 0 Å². The Labute approximate surface area is 94.2 Å². The Morgan fingerprint density at radius 2 is 1.86 bits per heavy atom. The highest BCUT2D eigenvalue weighted by Gasteiger charge is 2.29. The van der Waals surface area contributed by atoms with Crippen molar-refractivity contribution in [1.29, 1.82) is 0 Å². The maximum absolute atomic E-state index is 6.06. The predicted molar refractivity (Wildman–Crippen MR) is 60.9 cm³/mol. The standard InChI is InChI=1S/C11H13Cl2N/c12-9-2-1-3-10(13)8(9)6-11(14)7-4-5-7/h1-3,7,11H,4-6,14H2. The van der Waals surface area contributed by atoms with E-state index in [9.17, 15) is 0 Å². The van der Waals surface area contributed by atoms with Gasteiger partial charge >= 0.3 is 0 Å². The van der Waals surface area contributed by atoms with Gasteiger partial charge in [0.05, 0.1) is 0 Å². The van der Waals surface area contributed by atoms with Gasteiger partial charge in [-0.15, -0.1) is 0 Å². The highest BCUT2D eigenvalue weighted by atomic mass is 35.5. The maximum Gasteiger partial charge on any atom is 0.0453 e. The number of hydrogen-bond donors (Lipinski definition) is 1. The molecule has 0 spiro atoms. The van der Waals surface area contributed by atoms with E-state index in [1.54, 1.807) is 0 Å². The van der Waals surface area contributed by atoms with Crippen molar-refractivity contribution in [2.24, 2.45) is 11.7 Å². The molecule has 1 atom stereocenters. The molecule has 1 aliphatic rings. The summed E-state index contributed by atoms with van der Waals surface area (Å²) in [6, 6.07) is 5.80. The van der Waals surface area contributed by atoms with Gasteiger partial charge in [0.15, 0.2) is 0 Å². The number of halogens is 2. The second-order valence-corrected chi connectivity index (χ2v) is 4.72. The second-order valence-electron chi connectivity index (χ2n) is 3.91. The van der Waals surface area contributed by atoms with Crippen LogP contribution in [0.4, 0.5) is 0 Å². The first-order valence-electron chi connectivity index (χ1n) is 4.87. The SMILES string of the molecule is NC(Cc1c(Cl)cccc1Cl)C1CC1. The quantitative estimate of drug-likeness (QED) is 0.847. The van der Waals surface area contributed by atoms with E-state index in [-0.39, 0.29) is 6.04 Å². The van der Waals surface area contributed by atoms with E-state index in [1.165, 1.54) is 12.8 Å². The smallest absolute Gasteiger partial charge is 0.0453 e. The normalized spacial score (nSPS) is 18.2. The van der Waals surface area contributed by atoms with Gasteiger partial charge < -0.3 is 5.73 Å². The minimum atomic E-state index is 0.215. The van der Waals surface area contributed by atoms with E-state index in [4.69, 9.17) is 28.9 Å². The van der Waals surface area contributed by atoms with Gasteiger partial charge in [0.1, 0.15) is 0 Å². The number of hydrogen-bond acceptors (Lipinski definition) is 1. The summed E-state index contributed by atoms with van der Waals surface area (Å²) in [5, 5.41) is 1.46. The minimum Gasteiger partial charge on any atom is -0.327 e. The van der Waals surface area contributed by atoms with Crippen LogP contribution >= 0.6 is 23.2 Å². The molecule has 1 fully saturated rings. The van der Waals surface area contributed by atoms with Crippen molar-refractivity contribution in [2.45, 2.75) is 25.3 Å².